The normalized spacial score (nSPS) is 22.1. The van der Waals surface area contributed by atoms with E-state index in [1.54, 1.807) is 6.20 Å². The second-order valence-electron chi connectivity index (χ2n) is 5.24. The molecular weight excluding hydrogens is 276 g/mol. The van der Waals surface area contributed by atoms with Crippen LogP contribution in [-0.2, 0) is 4.74 Å². The SMILES string of the molecule is NC(=O)c1cnc(N2CCC(N3CCOCC3)CC2)s1. The van der Waals surface area contributed by atoms with Crippen molar-refractivity contribution in [3.63, 3.8) is 0 Å². The molecule has 7 heteroatoms. The summed E-state index contributed by atoms with van der Waals surface area (Å²) in [6, 6.07) is 0.658. The molecule has 2 aliphatic rings. The van der Waals surface area contributed by atoms with Crippen LogP contribution < -0.4 is 10.6 Å². The number of primary amides is 1. The first kappa shape index (κ1) is 13.8. The highest BCUT2D eigenvalue weighted by atomic mass is 32.1. The van der Waals surface area contributed by atoms with Crippen molar-refractivity contribution in [2.45, 2.75) is 18.9 Å². The number of carbonyl (C=O) groups excluding carboxylic acids is 1. The van der Waals surface area contributed by atoms with Gasteiger partial charge < -0.3 is 15.4 Å². The summed E-state index contributed by atoms with van der Waals surface area (Å²) >= 11 is 1.39. The molecule has 0 unspecified atom stereocenters. The first-order valence-corrected chi connectivity index (χ1v) is 7.88. The molecule has 0 aromatic carbocycles. The molecule has 0 radical (unpaired) electrons. The Bertz CT molecular complexity index is 465. The maximum Gasteiger partial charge on any atom is 0.260 e. The van der Waals surface area contributed by atoms with E-state index in [4.69, 9.17) is 10.5 Å². The fraction of sp³-hybridized carbons (Fsp3) is 0.692. The second-order valence-corrected chi connectivity index (χ2v) is 6.25. The lowest BCUT2D eigenvalue weighted by Gasteiger charge is -2.40. The highest BCUT2D eigenvalue weighted by molar-refractivity contribution is 7.17. The van der Waals surface area contributed by atoms with E-state index in [1.807, 2.05) is 0 Å². The third-order valence-corrected chi connectivity index (χ3v) is 5.11. The van der Waals surface area contributed by atoms with Crippen LogP contribution in [-0.4, -0.2) is 61.2 Å². The van der Waals surface area contributed by atoms with Gasteiger partial charge >= 0.3 is 0 Å². The Hall–Kier alpha value is -1.18. The number of nitrogens with two attached hydrogens (primary N) is 1. The molecule has 1 aromatic heterocycles. The van der Waals surface area contributed by atoms with Crippen molar-refractivity contribution < 1.29 is 9.53 Å². The highest BCUT2D eigenvalue weighted by Gasteiger charge is 2.27. The standard InChI is InChI=1S/C13H20N4O2S/c14-12(18)11-9-15-13(20-11)17-3-1-10(2-4-17)16-5-7-19-8-6-16/h9-10H,1-8H2,(H2,14,18). The van der Waals surface area contributed by atoms with Crippen LogP contribution in [0.4, 0.5) is 5.13 Å². The zero-order valence-corrected chi connectivity index (χ0v) is 12.3. The number of aromatic nitrogens is 1. The molecule has 0 spiro atoms. The summed E-state index contributed by atoms with van der Waals surface area (Å²) in [6.07, 6.45) is 3.87. The maximum absolute atomic E-state index is 11.1. The Morgan fingerprint density at radius 2 is 2.00 bits per heavy atom. The monoisotopic (exact) mass is 296 g/mol. The van der Waals surface area contributed by atoms with Gasteiger partial charge in [-0.05, 0) is 12.8 Å². The minimum absolute atomic E-state index is 0.392. The van der Waals surface area contributed by atoms with E-state index in [1.165, 1.54) is 11.3 Å². The van der Waals surface area contributed by atoms with Gasteiger partial charge in [-0.15, -0.1) is 0 Å². The Balaban J connectivity index is 1.56. The summed E-state index contributed by atoms with van der Waals surface area (Å²) in [7, 11) is 0. The minimum atomic E-state index is -0.392. The quantitative estimate of drug-likeness (QED) is 0.881. The Labute approximate surface area is 122 Å². The molecular formula is C13H20N4O2S. The van der Waals surface area contributed by atoms with Gasteiger partial charge in [-0.2, -0.15) is 0 Å². The lowest BCUT2D eigenvalue weighted by Crippen LogP contribution is -2.49. The molecule has 2 saturated heterocycles. The van der Waals surface area contributed by atoms with E-state index in [9.17, 15) is 4.79 Å². The zero-order chi connectivity index (χ0) is 13.9. The molecule has 0 saturated carbocycles. The molecule has 2 fully saturated rings. The molecule has 0 bridgehead atoms. The number of anilines is 1. The zero-order valence-electron chi connectivity index (χ0n) is 11.5. The highest BCUT2D eigenvalue weighted by Crippen LogP contribution is 2.26. The van der Waals surface area contributed by atoms with Crippen LogP contribution in [0.15, 0.2) is 6.20 Å². The topological polar surface area (TPSA) is 71.7 Å². The molecule has 1 aromatic rings. The molecule has 2 N–H and O–H groups in total. The van der Waals surface area contributed by atoms with Crippen LogP contribution in [0.25, 0.3) is 0 Å². The average molecular weight is 296 g/mol. The van der Waals surface area contributed by atoms with Crippen molar-refractivity contribution in [2.24, 2.45) is 5.73 Å². The van der Waals surface area contributed by atoms with Crippen LogP contribution in [0.5, 0.6) is 0 Å². The van der Waals surface area contributed by atoms with Gasteiger partial charge in [0.2, 0.25) is 0 Å². The van der Waals surface area contributed by atoms with E-state index < -0.39 is 5.91 Å². The predicted molar refractivity (Wildman–Crippen MR) is 78.3 cm³/mol. The lowest BCUT2D eigenvalue weighted by molar-refractivity contribution is 0.0115. The number of rotatable bonds is 3. The summed E-state index contributed by atoms with van der Waals surface area (Å²) in [5.74, 6) is -0.392. The number of nitrogens with zero attached hydrogens (tertiary/aromatic N) is 3. The van der Waals surface area contributed by atoms with Gasteiger partial charge in [-0.25, -0.2) is 4.98 Å². The van der Waals surface area contributed by atoms with Crippen LogP contribution >= 0.6 is 11.3 Å². The third-order valence-electron chi connectivity index (χ3n) is 4.03. The fourth-order valence-electron chi connectivity index (χ4n) is 2.89. The lowest BCUT2D eigenvalue weighted by atomic mass is 10.0. The molecule has 1 amide bonds. The van der Waals surface area contributed by atoms with Crippen LogP contribution in [0.2, 0.25) is 0 Å². The number of piperidine rings is 1. The fourth-order valence-corrected chi connectivity index (χ4v) is 3.71. The summed E-state index contributed by atoms with van der Waals surface area (Å²) in [5, 5.41) is 0.916. The molecule has 110 valence electrons. The van der Waals surface area contributed by atoms with Gasteiger partial charge in [0.05, 0.1) is 19.4 Å². The Morgan fingerprint density at radius 1 is 1.30 bits per heavy atom. The van der Waals surface area contributed by atoms with E-state index in [2.05, 4.69) is 14.8 Å². The Morgan fingerprint density at radius 3 is 2.60 bits per heavy atom. The first-order chi connectivity index (χ1) is 9.74. The minimum Gasteiger partial charge on any atom is -0.379 e. The average Bonchev–Trinajstić information content (AvgIpc) is 2.98. The van der Waals surface area contributed by atoms with Crippen molar-refractivity contribution >= 4 is 22.4 Å². The van der Waals surface area contributed by atoms with Crippen LogP contribution in [0.1, 0.15) is 22.5 Å². The number of ether oxygens (including phenoxy) is 1. The van der Waals surface area contributed by atoms with Gasteiger partial charge in [0.25, 0.3) is 5.91 Å². The van der Waals surface area contributed by atoms with Crippen molar-refractivity contribution in [3.05, 3.63) is 11.1 Å². The summed E-state index contributed by atoms with van der Waals surface area (Å²) in [6.45, 7) is 5.80. The molecule has 3 rings (SSSR count). The number of hydrogen-bond acceptors (Lipinski definition) is 6. The van der Waals surface area contributed by atoms with Crippen molar-refractivity contribution in [1.29, 1.82) is 0 Å². The summed E-state index contributed by atoms with van der Waals surface area (Å²) in [5.41, 5.74) is 5.27. The predicted octanol–water partition coefficient (Wildman–Crippen LogP) is 0.543. The van der Waals surface area contributed by atoms with Crippen molar-refractivity contribution in [3.8, 4) is 0 Å². The Kier molecular flexibility index (Phi) is 4.18. The molecule has 0 aliphatic carbocycles. The number of thiazole rings is 1. The third kappa shape index (κ3) is 2.94. The molecule has 2 aliphatic heterocycles. The van der Waals surface area contributed by atoms with Gasteiger partial charge in [0.15, 0.2) is 5.13 Å². The van der Waals surface area contributed by atoms with Gasteiger partial charge in [-0.3, -0.25) is 9.69 Å². The molecule has 0 atom stereocenters. The van der Waals surface area contributed by atoms with Gasteiger partial charge in [0, 0.05) is 32.2 Å². The summed E-state index contributed by atoms with van der Waals surface area (Å²) < 4.78 is 5.40. The van der Waals surface area contributed by atoms with Crippen molar-refractivity contribution in [2.75, 3.05) is 44.3 Å². The van der Waals surface area contributed by atoms with E-state index in [-0.39, 0.29) is 0 Å². The van der Waals surface area contributed by atoms with E-state index in [0.29, 0.717) is 10.9 Å². The van der Waals surface area contributed by atoms with Gasteiger partial charge in [0.1, 0.15) is 4.88 Å². The molecule has 6 nitrogen and oxygen atoms in total. The van der Waals surface area contributed by atoms with Gasteiger partial charge in [-0.1, -0.05) is 11.3 Å². The molecule has 3 heterocycles. The second kappa shape index (κ2) is 6.07. The number of hydrogen-bond donors (Lipinski definition) is 1. The number of carbonyl (C=O) groups is 1. The van der Waals surface area contributed by atoms with Crippen LogP contribution in [0.3, 0.4) is 0 Å². The smallest absolute Gasteiger partial charge is 0.260 e. The maximum atomic E-state index is 11.1. The van der Waals surface area contributed by atoms with E-state index in [0.717, 1.165) is 57.4 Å². The number of amides is 1. The largest absolute Gasteiger partial charge is 0.379 e. The van der Waals surface area contributed by atoms with Crippen LogP contribution in [0, 0.1) is 0 Å². The number of morpholine rings is 1. The van der Waals surface area contributed by atoms with E-state index >= 15 is 0 Å². The first-order valence-electron chi connectivity index (χ1n) is 7.06. The van der Waals surface area contributed by atoms with Crippen molar-refractivity contribution in [1.82, 2.24) is 9.88 Å². The molecule has 20 heavy (non-hydrogen) atoms. The summed E-state index contributed by atoms with van der Waals surface area (Å²) in [4.78, 5) is 20.8.